The van der Waals surface area contributed by atoms with E-state index in [0.29, 0.717) is 11.8 Å². The van der Waals surface area contributed by atoms with Gasteiger partial charge in [0.2, 0.25) is 12.1 Å². The molecule has 5 fully saturated rings. The molecule has 6 nitrogen and oxygen atoms in total. The maximum atomic E-state index is 8.93. The number of hydrogen-bond acceptors (Lipinski definition) is 6. The van der Waals surface area contributed by atoms with Crippen LogP contribution in [0.2, 0.25) is 0 Å². The van der Waals surface area contributed by atoms with Crippen LogP contribution in [0.4, 0.5) is 0 Å². The maximum Gasteiger partial charge on any atom is 0.205 e. The van der Waals surface area contributed by atoms with Crippen LogP contribution >= 0.6 is 0 Å². The lowest BCUT2D eigenvalue weighted by Gasteiger charge is -2.60. The highest BCUT2D eigenvalue weighted by Crippen LogP contribution is 2.60. The molecule has 1 aliphatic carbocycles. The third kappa shape index (κ3) is 3.21. The van der Waals surface area contributed by atoms with Gasteiger partial charge in [-0.25, -0.2) is 9.78 Å². The van der Waals surface area contributed by atoms with E-state index in [2.05, 4.69) is 13.8 Å². The summed E-state index contributed by atoms with van der Waals surface area (Å²) in [6, 6.07) is 7.81. The molecule has 2 bridgehead atoms. The molecule has 1 aromatic rings. The van der Waals surface area contributed by atoms with Gasteiger partial charge in [0.1, 0.15) is 5.75 Å². The van der Waals surface area contributed by atoms with E-state index in [1.165, 1.54) is 6.42 Å². The van der Waals surface area contributed by atoms with E-state index in [9.17, 15) is 0 Å². The van der Waals surface area contributed by atoms with E-state index in [1.807, 2.05) is 37.3 Å². The van der Waals surface area contributed by atoms with Gasteiger partial charge in [-0.3, -0.25) is 0 Å². The van der Waals surface area contributed by atoms with Gasteiger partial charge < -0.3 is 19.3 Å². The largest absolute Gasteiger partial charge is 0.465 e. The van der Waals surface area contributed by atoms with Crippen LogP contribution in [0, 0.1) is 23.7 Å². The minimum Gasteiger partial charge on any atom is -0.465 e. The van der Waals surface area contributed by atoms with Crippen molar-refractivity contribution < 1.29 is 29.1 Å². The van der Waals surface area contributed by atoms with Gasteiger partial charge in [-0.15, -0.1) is 0 Å². The monoisotopic (exact) mass is 416 g/mol. The molecule has 164 valence electrons. The van der Waals surface area contributed by atoms with Crippen molar-refractivity contribution in [1.29, 1.82) is 0 Å². The Morgan fingerprint density at radius 1 is 1.10 bits per heavy atom. The Kier molecular flexibility index (Phi) is 5.19. The van der Waals surface area contributed by atoms with Gasteiger partial charge in [-0.1, -0.05) is 38.1 Å². The molecule has 3 unspecified atom stereocenters. The molecule has 1 N–H and O–H groups in total. The molecule has 5 aliphatic rings. The number of aliphatic hydroxyl groups excluding tert-OH is 1. The Morgan fingerprint density at radius 2 is 1.90 bits per heavy atom. The molecule has 8 atom stereocenters. The fourth-order valence-corrected chi connectivity index (χ4v) is 5.99. The second-order valence-electron chi connectivity index (χ2n) is 9.55. The maximum absolute atomic E-state index is 8.93. The number of hydrogen-bond donors (Lipinski definition) is 1. The highest BCUT2D eigenvalue weighted by Gasteiger charge is 2.69. The Balaban J connectivity index is 1.41. The van der Waals surface area contributed by atoms with Crippen LogP contribution in [0.5, 0.6) is 5.75 Å². The number of fused-ring (bicyclic) bond motifs is 2. The number of aliphatic hydroxyl groups is 1. The van der Waals surface area contributed by atoms with Crippen LogP contribution in [-0.4, -0.2) is 35.7 Å². The van der Waals surface area contributed by atoms with Gasteiger partial charge in [-0.2, -0.15) is 0 Å². The topological polar surface area (TPSA) is 66.4 Å². The Morgan fingerprint density at radius 3 is 2.67 bits per heavy atom. The zero-order chi connectivity index (χ0) is 20.9. The van der Waals surface area contributed by atoms with Gasteiger partial charge >= 0.3 is 0 Å². The molecule has 1 aromatic carbocycles. The minimum atomic E-state index is -0.774. The fourth-order valence-electron chi connectivity index (χ4n) is 5.99. The van der Waals surface area contributed by atoms with Crippen LogP contribution < -0.4 is 4.74 Å². The Bertz CT molecular complexity index is 793. The zero-order valence-electron chi connectivity index (χ0n) is 18.0. The van der Waals surface area contributed by atoms with Crippen molar-refractivity contribution in [1.82, 2.24) is 0 Å². The number of ether oxygens (including phenoxy) is 3. The SMILES string of the molecule is C[C@@H]1CCC2[C@@H](C)[C@@H](Oc3ccc(/C=C/CO)cc3)OC3O[C@]4(C)CCC1[C@]32OO4. The summed E-state index contributed by atoms with van der Waals surface area (Å²) in [7, 11) is 0. The van der Waals surface area contributed by atoms with E-state index in [4.69, 9.17) is 29.1 Å². The molecule has 1 spiro atoms. The average molecular weight is 417 g/mol. The van der Waals surface area contributed by atoms with Gasteiger partial charge in [0.05, 0.1) is 6.61 Å². The van der Waals surface area contributed by atoms with Crippen molar-refractivity contribution in [2.24, 2.45) is 23.7 Å². The molecule has 30 heavy (non-hydrogen) atoms. The van der Waals surface area contributed by atoms with Crippen molar-refractivity contribution in [3.63, 3.8) is 0 Å². The quantitative estimate of drug-likeness (QED) is 0.739. The van der Waals surface area contributed by atoms with Crippen LogP contribution in [0.3, 0.4) is 0 Å². The molecule has 4 saturated heterocycles. The number of benzene rings is 1. The minimum absolute atomic E-state index is 0.0283. The summed E-state index contributed by atoms with van der Waals surface area (Å²) in [5, 5.41) is 8.93. The summed E-state index contributed by atoms with van der Waals surface area (Å²) >= 11 is 0. The van der Waals surface area contributed by atoms with Crippen molar-refractivity contribution in [2.45, 2.75) is 70.4 Å². The highest BCUT2D eigenvalue weighted by molar-refractivity contribution is 5.50. The summed E-state index contributed by atoms with van der Waals surface area (Å²) in [4.78, 5) is 12.0. The van der Waals surface area contributed by atoms with Gasteiger partial charge in [0, 0.05) is 18.3 Å². The van der Waals surface area contributed by atoms with Gasteiger partial charge in [-0.05, 0) is 55.7 Å². The summed E-state index contributed by atoms with van der Waals surface area (Å²) in [5.41, 5.74) is 0.450. The third-order valence-corrected chi connectivity index (χ3v) is 7.65. The molecule has 6 heteroatoms. The predicted molar refractivity (Wildman–Crippen MR) is 110 cm³/mol. The first-order valence-corrected chi connectivity index (χ1v) is 11.2. The van der Waals surface area contributed by atoms with E-state index in [0.717, 1.165) is 30.6 Å². The lowest BCUT2D eigenvalue weighted by Crippen LogP contribution is -2.70. The lowest BCUT2D eigenvalue weighted by molar-refractivity contribution is -0.575. The van der Waals surface area contributed by atoms with Crippen LogP contribution in [0.25, 0.3) is 6.08 Å². The Labute approximate surface area is 178 Å². The van der Waals surface area contributed by atoms with E-state index >= 15 is 0 Å². The fraction of sp³-hybridized carbons (Fsp3) is 0.667. The lowest BCUT2D eigenvalue weighted by atomic mass is 9.58. The predicted octanol–water partition coefficient (Wildman–Crippen LogP) is 4.28. The summed E-state index contributed by atoms with van der Waals surface area (Å²) in [6.45, 7) is 6.47. The molecule has 0 radical (unpaired) electrons. The van der Waals surface area contributed by atoms with Crippen LogP contribution in [0.1, 0.15) is 52.0 Å². The first-order chi connectivity index (χ1) is 14.4. The summed E-state index contributed by atoms with van der Waals surface area (Å²) in [5.74, 6) is 1.27. The second-order valence-corrected chi connectivity index (χ2v) is 9.55. The second kappa shape index (κ2) is 7.61. The smallest absolute Gasteiger partial charge is 0.205 e. The molecule has 4 heterocycles. The summed E-state index contributed by atoms with van der Waals surface area (Å²) in [6.07, 6.45) is 6.73. The zero-order valence-corrected chi connectivity index (χ0v) is 18.0. The van der Waals surface area contributed by atoms with Crippen molar-refractivity contribution in [2.75, 3.05) is 6.61 Å². The molecule has 0 amide bonds. The molecular formula is C24H32O6. The highest BCUT2D eigenvalue weighted by atomic mass is 17.3. The van der Waals surface area contributed by atoms with Crippen molar-refractivity contribution >= 4 is 6.08 Å². The molecule has 0 aromatic heterocycles. The van der Waals surface area contributed by atoms with Crippen molar-refractivity contribution in [3.05, 3.63) is 35.9 Å². The number of rotatable bonds is 4. The van der Waals surface area contributed by atoms with Gasteiger partial charge in [0.15, 0.2) is 11.9 Å². The molecule has 6 rings (SSSR count). The summed E-state index contributed by atoms with van der Waals surface area (Å²) < 4.78 is 19.1. The first kappa shape index (κ1) is 20.5. The average Bonchev–Trinajstić information content (AvgIpc) is 2.97. The van der Waals surface area contributed by atoms with Crippen molar-refractivity contribution in [3.8, 4) is 5.75 Å². The normalized spacial score (nSPS) is 45.2. The van der Waals surface area contributed by atoms with E-state index in [1.54, 1.807) is 6.08 Å². The van der Waals surface area contributed by atoms with Crippen LogP contribution in [0.15, 0.2) is 30.3 Å². The standard InChI is InChI=1S/C24H32O6/c1-15-6-11-20-16(2)21(26-18-9-7-17(8-10-18)5-4-14-25)27-22-24(20)19(15)12-13-23(3,28-22)29-30-24/h4-5,7-10,15-16,19-22,25H,6,11-14H2,1-3H3/b5-4+/t15-,16-,19?,20?,21+,22?,23+,24-/m1/s1. The molecular weight excluding hydrogens is 384 g/mol. The first-order valence-electron chi connectivity index (χ1n) is 11.2. The van der Waals surface area contributed by atoms with E-state index < -0.39 is 24.0 Å². The third-order valence-electron chi connectivity index (χ3n) is 7.65. The van der Waals surface area contributed by atoms with E-state index in [-0.39, 0.29) is 18.4 Å². The molecule has 4 aliphatic heterocycles. The molecule has 1 saturated carbocycles. The Hall–Kier alpha value is -1.44. The van der Waals surface area contributed by atoms with Gasteiger partial charge in [0.25, 0.3) is 0 Å². The van der Waals surface area contributed by atoms with Crippen LogP contribution in [-0.2, 0) is 19.2 Å².